The summed E-state index contributed by atoms with van der Waals surface area (Å²) in [5, 5.41) is 8.18. The summed E-state index contributed by atoms with van der Waals surface area (Å²) in [6, 6.07) is 0. The van der Waals surface area contributed by atoms with Crippen LogP contribution < -0.4 is 0 Å². The lowest BCUT2D eigenvalue weighted by Crippen LogP contribution is -2.40. The van der Waals surface area contributed by atoms with E-state index in [1.165, 1.54) is 0 Å². The van der Waals surface area contributed by atoms with Gasteiger partial charge in [0.15, 0.2) is 5.82 Å². The van der Waals surface area contributed by atoms with E-state index >= 15 is 0 Å². The molecule has 0 spiro atoms. The van der Waals surface area contributed by atoms with E-state index in [-0.39, 0.29) is 6.10 Å². The smallest absolute Gasteiger partial charge is 0.163 e. The Bertz CT molecular complexity index is 394. The third-order valence-electron chi connectivity index (χ3n) is 3.49. The minimum Gasteiger partial charge on any atom is -0.379 e. The van der Waals surface area contributed by atoms with Gasteiger partial charge in [0.05, 0.1) is 12.7 Å². The number of hydrogen-bond acceptors (Lipinski definition) is 5. The number of rotatable bonds is 7. The summed E-state index contributed by atoms with van der Waals surface area (Å²) in [6.07, 6.45) is 3.19. The second-order valence-corrected chi connectivity index (χ2v) is 5.41. The molecule has 1 aliphatic heterocycles. The summed E-state index contributed by atoms with van der Waals surface area (Å²) in [7, 11) is 0. The van der Waals surface area contributed by atoms with Gasteiger partial charge in [0.1, 0.15) is 12.4 Å². The number of nitrogens with zero attached hydrogens (tertiary/aromatic N) is 4. The van der Waals surface area contributed by atoms with Crippen molar-refractivity contribution in [1.82, 2.24) is 19.7 Å². The number of aryl methyl sites for hydroxylation is 1. The molecular formula is C14H26N4O2. The maximum atomic E-state index is 5.84. The first-order chi connectivity index (χ1) is 9.70. The minimum atomic E-state index is 0.0391. The molecule has 1 fully saturated rings. The van der Waals surface area contributed by atoms with Gasteiger partial charge in [-0.25, -0.2) is 0 Å². The molecule has 6 heteroatoms. The van der Waals surface area contributed by atoms with Crippen LogP contribution in [0, 0.1) is 0 Å². The van der Waals surface area contributed by atoms with E-state index in [0.717, 1.165) is 51.6 Å². The van der Waals surface area contributed by atoms with Gasteiger partial charge in [-0.3, -0.25) is 4.90 Å². The van der Waals surface area contributed by atoms with Crippen LogP contribution in [0.3, 0.4) is 0 Å². The summed E-state index contributed by atoms with van der Waals surface area (Å²) in [4.78, 5) is 2.42. The fourth-order valence-electron chi connectivity index (χ4n) is 2.43. The standard InChI is InChI=1S/C14H26N4O2/c1-4-18-11-15-16-14(18)13-10-17(7-9-20-13)6-5-8-19-12(2)3/h11-13H,4-10H2,1-3H3/t13-/m0/s1. The second-order valence-electron chi connectivity index (χ2n) is 5.41. The Balaban J connectivity index is 1.80. The summed E-state index contributed by atoms with van der Waals surface area (Å²) >= 11 is 0. The van der Waals surface area contributed by atoms with Gasteiger partial charge < -0.3 is 14.0 Å². The Kier molecular flexibility index (Phi) is 5.94. The van der Waals surface area contributed by atoms with E-state index in [1.807, 2.05) is 0 Å². The van der Waals surface area contributed by atoms with Crippen molar-refractivity contribution in [3.63, 3.8) is 0 Å². The molecule has 1 saturated heterocycles. The number of aromatic nitrogens is 3. The molecule has 0 radical (unpaired) electrons. The lowest BCUT2D eigenvalue weighted by Gasteiger charge is -2.32. The van der Waals surface area contributed by atoms with Crippen molar-refractivity contribution in [2.45, 2.75) is 45.9 Å². The minimum absolute atomic E-state index is 0.0391. The Hall–Kier alpha value is -0.980. The fourth-order valence-corrected chi connectivity index (χ4v) is 2.43. The van der Waals surface area contributed by atoms with Gasteiger partial charge in [0.25, 0.3) is 0 Å². The summed E-state index contributed by atoms with van der Waals surface area (Å²) in [6.45, 7) is 11.6. The lowest BCUT2D eigenvalue weighted by molar-refractivity contribution is -0.0390. The molecule has 0 amide bonds. The Morgan fingerprint density at radius 1 is 1.50 bits per heavy atom. The normalized spacial score (nSPS) is 20.7. The Morgan fingerprint density at radius 3 is 3.10 bits per heavy atom. The van der Waals surface area contributed by atoms with Crippen molar-refractivity contribution in [3.05, 3.63) is 12.2 Å². The molecule has 1 aromatic heterocycles. The zero-order chi connectivity index (χ0) is 14.4. The van der Waals surface area contributed by atoms with Crippen LogP contribution in [0.4, 0.5) is 0 Å². The van der Waals surface area contributed by atoms with Gasteiger partial charge in [-0.2, -0.15) is 0 Å². The highest BCUT2D eigenvalue weighted by atomic mass is 16.5. The predicted molar refractivity (Wildman–Crippen MR) is 76.5 cm³/mol. The van der Waals surface area contributed by atoms with Gasteiger partial charge in [-0.1, -0.05) is 0 Å². The van der Waals surface area contributed by atoms with E-state index in [1.54, 1.807) is 6.33 Å². The van der Waals surface area contributed by atoms with Crippen molar-refractivity contribution in [2.24, 2.45) is 0 Å². The molecule has 2 rings (SSSR count). The van der Waals surface area contributed by atoms with Crippen molar-refractivity contribution < 1.29 is 9.47 Å². The second kappa shape index (κ2) is 7.71. The molecule has 0 bridgehead atoms. The Morgan fingerprint density at radius 2 is 2.35 bits per heavy atom. The predicted octanol–water partition coefficient (Wildman–Crippen LogP) is 1.49. The fraction of sp³-hybridized carbons (Fsp3) is 0.857. The average molecular weight is 282 g/mol. The van der Waals surface area contributed by atoms with Crippen LogP contribution in [0.1, 0.15) is 39.1 Å². The highest BCUT2D eigenvalue weighted by Gasteiger charge is 2.25. The molecule has 1 atom stereocenters. The quantitative estimate of drug-likeness (QED) is 0.709. The zero-order valence-corrected chi connectivity index (χ0v) is 12.8. The molecule has 0 N–H and O–H groups in total. The molecule has 2 heterocycles. The first-order valence-electron chi connectivity index (χ1n) is 7.54. The molecule has 0 aromatic carbocycles. The van der Waals surface area contributed by atoms with Crippen LogP contribution in [0.5, 0.6) is 0 Å². The van der Waals surface area contributed by atoms with E-state index in [2.05, 4.69) is 40.4 Å². The van der Waals surface area contributed by atoms with E-state index in [9.17, 15) is 0 Å². The highest BCUT2D eigenvalue weighted by molar-refractivity contribution is 4.94. The summed E-state index contributed by atoms with van der Waals surface area (Å²) in [5.41, 5.74) is 0. The SMILES string of the molecule is CCn1cnnc1[C@@H]1CN(CCCOC(C)C)CCO1. The molecule has 1 aromatic rings. The maximum absolute atomic E-state index is 5.84. The first kappa shape index (κ1) is 15.4. The van der Waals surface area contributed by atoms with Gasteiger partial charge in [0, 0.05) is 32.8 Å². The van der Waals surface area contributed by atoms with Gasteiger partial charge >= 0.3 is 0 Å². The lowest BCUT2D eigenvalue weighted by atomic mass is 10.2. The van der Waals surface area contributed by atoms with Crippen LogP contribution in [0.25, 0.3) is 0 Å². The summed E-state index contributed by atoms with van der Waals surface area (Å²) < 4.78 is 13.5. The van der Waals surface area contributed by atoms with Crippen molar-refractivity contribution in [2.75, 3.05) is 32.8 Å². The van der Waals surface area contributed by atoms with Crippen LogP contribution in [0.15, 0.2) is 6.33 Å². The van der Waals surface area contributed by atoms with Crippen molar-refractivity contribution in [3.8, 4) is 0 Å². The summed E-state index contributed by atoms with van der Waals surface area (Å²) in [5.74, 6) is 0.940. The third-order valence-corrected chi connectivity index (χ3v) is 3.49. The molecule has 0 unspecified atom stereocenters. The van der Waals surface area contributed by atoms with E-state index in [4.69, 9.17) is 9.47 Å². The van der Waals surface area contributed by atoms with Crippen molar-refractivity contribution >= 4 is 0 Å². The molecular weight excluding hydrogens is 256 g/mol. The third kappa shape index (κ3) is 4.26. The monoisotopic (exact) mass is 282 g/mol. The molecule has 1 aliphatic rings. The van der Waals surface area contributed by atoms with Crippen LogP contribution in [0.2, 0.25) is 0 Å². The van der Waals surface area contributed by atoms with Crippen molar-refractivity contribution in [1.29, 1.82) is 0 Å². The average Bonchev–Trinajstić information content (AvgIpc) is 2.92. The van der Waals surface area contributed by atoms with Gasteiger partial charge in [-0.05, 0) is 27.2 Å². The molecule has 0 saturated carbocycles. The van der Waals surface area contributed by atoms with Gasteiger partial charge in [0.2, 0.25) is 0 Å². The molecule has 20 heavy (non-hydrogen) atoms. The Labute approximate surface area is 121 Å². The number of morpholine rings is 1. The largest absolute Gasteiger partial charge is 0.379 e. The van der Waals surface area contributed by atoms with E-state index in [0.29, 0.717) is 6.10 Å². The highest BCUT2D eigenvalue weighted by Crippen LogP contribution is 2.20. The maximum Gasteiger partial charge on any atom is 0.163 e. The molecule has 6 nitrogen and oxygen atoms in total. The van der Waals surface area contributed by atoms with E-state index < -0.39 is 0 Å². The molecule has 114 valence electrons. The topological polar surface area (TPSA) is 52.4 Å². The van der Waals surface area contributed by atoms with Crippen LogP contribution >= 0.6 is 0 Å². The van der Waals surface area contributed by atoms with Crippen LogP contribution in [-0.2, 0) is 16.0 Å². The van der Waals surface area contributed by atoms with Gasteiger partial charge in [-0.15, -0.1) is 10.2 Å². The number of ether oxygens (including phenoxy) is 2. The first-order valence-corrected chi connectivity index (χ1v) is 7.54. The zero-order valence-electron chi connectivity index (χ0n) is 12.8. The molecule has 0 aliphatic carbocycles. The van der Waals surface area contributed by atoms with Crippen LogP contribution in [-0.4, -0.2) is 58.6 Å². The number of hydrogen-bond donors (Lipinski definition) is 0.